The van der Waals surface area contributed by atoms with Crippen LogP contribution in [0.3, 0.4) is 0 Å². The van der Waals surface area contributed by atoms with Crippen LogP contribution in [0, 0.1) is 6.92 Å². The molecule has 0 atom stereocenters. The Bertz CT molecular complexity index is 1010. The number of alkyl halides is 3. The summed E-state index contributed by atoms with van der Waals surface area (Å²) in [6, 6.07) is 10.4. The van der Waals surface area contributed by atoms with Crippen LogP contribution in [-0.4, -0.2) is 7.11 Å². The van der Waals surface area contributed by atoms with E-state index in [-0.39, 0.29) is 17.6 Å². The second-order valence-electron chi connectivity index (χ2n) is 5.64. The van der Waals surface area contributed by atoms with E-state index in [9.17, 15) is 18.0 Å². The third-order valence-electron chi connectivity index (χ3n) is 3.99. The minimum atomic E-state index is -4.65. The Balaban J connectivity index is 2.01. The van der Waals surface area contributed by atoms with Gasteiger partial charge >= 0.3 is 11.8 Å². The molecule has 0 bridgehead atoms. The molecule has 1 aromatic heterocycles. The molecule has 3 aromatic rings. The summed E-state index contributed by atoms with van der Waals surface area (Å²) in [6.45, 7) is 1.70. The van der Waals surface area contributed by atoms with Gasteiger partial charge in [-0.2, -0.15) is 13.2 Å². The molecule has 136 valence electrons. The summed E-state index contributed by atoms with van der Waals surface area (Å²) in [5, 5.41) is -0.181. The fourth-order valence-corrected chi connectivity index (χ4v) is 2.71. The molecule has 0 spiro atoms. The third kappa shape index (κ3) is 3.37. The van der Waals surface area contributed by atoms with E-state index in [0.717, 1.165) is 5.56 Å². The van der Waals surface area contributed by atoms with Crippen molar-refractivity contribution in [2.24, 2.45) is 0 Å². The summed E-state index contributed by atoms with van der Waals surface area (Å²) in [6.07, 6.45) is -4.65. The molecular weight excluding hydrogens is 349 g/mol. The first-order valence-corrected chi connectivity index (χ1v) is 7.70. The van der Waals surface area contributed by atoms with Gasteiger partial charge in [-0.1, -0.05) is 18.2 Å². The highest BCUT2D eigenvalue weighted by Gasteiger charge is 2.34. The van der Waals surface area contributed by atoms with Gasteiger partial charge in [-0.05, 0) is 25.1 Å². The van der Waals surface area contributed by atoms with Crippen LogP contribution in [-0.2, 0) is 12.8 Å². The lowest BCUT2D eigenvalue weighted by molar-refractivity contribution is -0.136. The second kappa shape index (κ2) is 6.74. The zero-order chi connectivity index (χ0) is 18.9. The Morgan fingerprint density at radius 3 is 2.50 bits per heavy atom. The van der Waals surface area contributed by atoms with Gasteiger partial charge in [-0.25, -0.2) is 4.79 Å². The van der Waals surface area contributed by atoms with E-state index < -0.39 is 17.4 Å². The number of hydrogen-bond donors (Lipinski definition) is 0. The number of benzene rings is 2. The van der Waals surface area contributed by atoms with Gasteiger partial charge < -0.3 is 13.9 Å². The summed E-state index contributed by atoms with van der Waals surface area (Å²) in [5.74, 6) is 0.961. The highest BCUT2D eigenvalue weighted by atomic mass is 19.4. The Morgan fingerprint density at radius 2 is 1.81 bits per heavy atom. The molecule has 0 saturated heterocycles. The van der Waals surface area contributed by atoms with Gasteiger partial charge in [0.25, 0.3) is 0 Å². The number of ether oxygens (including phenoxy) is 2. The van der Waals surface area contributed by atoms with E-state index in [0.29, 0.717) is 23.1 Å². The smallest absolute Gasteiger partial charge is 0.417 e. The molecule has 1 heterocycles. The van der Waals surface area contributed by atoms with Gasteiger partial charge in [-0.15, -0.1) is 0 Å². The molecular formula is C19H15F3O4. The summed E-state index contributed by atoms with van der Waals surface area (Å²) in [5.41, 5.74) is -1.12. The van der Waals surface area contributed by atoms with Crippen molar-refractivity contribution in [3.05, 3.63) is 69.6 Å². The van der Waals surface area contributed by atoms with Gasteiger partial charge in [0.15, 0.2) is 0 Å². The molecule has 0 unspecified atom stereocenters. The van der Waals surface area contributed by atoms with E-state index in [1.807, 2.05) is 18.2 Å². The first-order valence-electron chi connectivity index (χ1n) is 7.70. The summed E-state index contributed by atoms with van der Waals surface area (Å²) in [4.78, 5) is 11.6. The zero-order valence-corrected chi connectivity index (χ0v) is 14.0. The van der Waals surface area contributed by atoms with E-state index in [2.05, 4.69) is 0 Å². The highest BCUT2D eigenvalue weighted by Crippen LogP contribution is 2.37. The Labute approximate surface area is 146 Å². The molecule has 0 aliphatic rings. The zero-order valence-electron chi connectivity index (χ0n) is 14.0. The summed E-state index contributed by atoms with van der Waals surface area (Å²) >= 11 is 0. The lowest BCUT2D eigenvalue weighted by Crippen LogP contribution is -2.11. The fraction of sp³-hybridized carbons (Fsp3) is 0.211. The highest BCUT2D eigenvalue weighted by molar-refractivity contribution is 5.85. The van der Waals surface area contributed by atoms with Gasteiger partial charge in [0.2, 0.25) is 0 Å². The first kappa shape index (κ1) is 17.8. The standard InChI is InChI=1S/C19H15F3O4/c1-11-15(25-10-12-5-3-4-6-16(12)24-2)8-7-13-14(19(20,21)22)9-17(23)26-18(11)13/h3-9H,10H2,1-2H3. The minimum absolute atomic E-state index is 0.137. The molecule has 0 fully saturated rings. The van der Waals surface area contributed by atoms with Crippen molar-refractivity contribution < 1.29 is 27.1 Å². The minimum Gasteiger partial charge on any atom is -0.496 e. The Hall–Kier alpha value is -2.96. The molecule has 0 aliphatic carbocycles. The number of aryl methyl sites for hydroxylation is 1. The van der Waals surface area contributed by atoms with Crippen LogP contribution in [0.15, 0.2) is 51.7 Å². The van der Waals surface area contributed by atoms with Crippen molar-refractivity contribution >= 4 is 11.0 Å². The Kier molecular flexibility index (Phi) is 4.63. The van der Waals surface area contributed by atoms with E-state index in [1.54, 1.807) is 13.0 Å². The molecule has 3 rings (SSSR count). The van der Waals surface area contributed by atoms with Crippen LogP contribution >= 0.6 is 0 Å². The molecule has 7 heteroatoms. The van der Waals surface area contributed by atoms with Gasteiger partial charge in [0.05, 0.1) is 12.7 Å². The van der Waals surface area contributed by atoms with Crippen molar-refractivity contribution in [2.75, 3.05) is 7.11 Å². The average molecular weight is 364 g/mol. The number of halogens is 3. The van der Waals surface area contributed by atoms with E-state index in [4.69, 9.17) is 13.9 Å². The molecule has 0 saturated carbocycles. The second-order valence-corrected chi connectivity index (χ2v) is 5.64. The topological polar surface area (TPSA) is 48.7 Å². The van der Waals surface area contributed by atoms with Crippen LogP contribution in [0.2, 0.25) is 0 Å². The molecule has 0 aliphatic heterocycles. The third-order valence-corrected chi connectivity index (χ3v) is 3.99. The van der Waals surface area contributed by atoms with Crippen LogP contribution in [0.4, 0.5) is 13.2 Å². The van der Waals surface area contributed by atoms with Crippen LogP contribution < -0.4 is 15.1 Å². The van der Waals surface area contributed by atoms with Crippen LogP contribution in [0.25, 0.3) is 11.0 Å². The molecule has 2 aromatic carbocycles. The van der Waals surface area contributed by atoms with Crippen molar-refractivity contribution in [1.82, 2.24) is 0 Å². The first-order chi connectivity index (χ1) is 12.3. The average Bonchev–Trinajstić information content (AvgIpc) is 2.60. The summed E-state index contributed by atoms with van der Waals surface area (Å²) in [7, 11) is 1.54. The predicted molar refractivity (Wildman–Crippen MR) is 89.5 cm³/mol. The molecule has 0 radical (unpaired) electrons. The number of methoxy groups -OCH3 is 1. The number of hydrogen-bond acceptors (Lipinski definition) is 4. The predicted octanol–water partition coefficient (Wildman–Crippen LogP) is 4.71. The van der Waals surface area contributed by atoms with Gasteiger partial charge in [0, 0.05) is 22.6 Å². The largest absolute Gasteiger partial charge is 0.496 e. The van der Waals surface area contributed by atoms with Crippen molar-refractivity contribution in [3.63, 3.8) is 0 Å². The van der Waals surface area contributed by atoms with Crippen molar-refractivity contribution in [1.29, 1.82) is 0 Å². The lowest BCUT2D eigenvalue weighted by Gasteiger charge is -2.14. The Morgan fingerprint density at radius 1 is 1.08 bits per heavy atom. The molecule has 26 heavy (non-hydrogen) atoms. The van der Waals surface area contributed by atoms with E-state index in [1.165, 1.54) is 19.2 Å². The lowest BCUT2D eigenvalue weighted by atomic mass is 10.1. The number of fused-ring (bicyclic) bond motifs is 1. The molecule has 0 amide bonds. The van der Waals surface area contributed by atoms with Gasteiger partial charge in [0.1, 0.15) is 23.7 Å². The number of rotatable bonds is 4. The quantitative estimate of drug-likeness (QED) is 0.629. The monoisotopic (exact) mass is 364 g/mol. The maximum Gasteiger partial charge on any atom is 0.417 e. The summed E-state index contributed by atoms with van der Waals surface area (Å²) < 4.78 is 55.4. The SMILES string of the molecule is COc1ccccc1COc1ccc2c(C(F)(F)F)cc(=O)oc2c1C. The molecule has 4 nitrogen and oxygen atoms in total. The van der Waals surface area contributed by atoms with E-state index >= 15 is 0 Å². The van der Waals surface area contributed by atoms with Gasteiger partial charge in [-0.3, -0.25) is 0 Å². The van der Waals surface area contributed by atoms with Crippen LogP contribution in [0.5, 0.6) is 11.5 Å². The molecule has 0 N–H and O–H groups in total. The van der Waals surface area contributed by atoms with Crippen LogP contribution in [0.1, 0.15) is 16.7 Å². The normalized spacial score (nSPS) is 11.6. The van der Waals surface area contributed by atoms with Crippen molar-refractivity contribution in [2.45, 2.75) is 19.7 Å². The fourth-order valence-electron chi connectivity index (χ4n) is 2.71. The van der Waals surface area contributed by atoms with Crippen molar-refractivity contribution in [3.8, 4) is 11.5 Å². The maximum atomic E-state index is 13.2. The maximum absolute atomic E-state index is 13.2. The number of para-hydroxylation sites is 1.